The zero-order valence-electron chi connectivity index (χ0n) is 6.73. The van der Waals surface area contributed by atoms with E-state index in [1.54, 1.807) is 11.3 Å². The topological polar surface area (TPSA) is 38.9 Å². The molecule has 1 heterocycles. The molecule has 0 amide bonds. The number of hydrogen-bond donors (Lipinski definition) is 1. The number of halogens is 2. The molecular formula is C7H14Cl2N2S. The SMILES string of the molecule is Cl.Cl.NCCCCc1nccs1. The number of rotatable bonds is 4. The van der Waals surface area contributed by atoms with Crippen molar-refractivity contribution < 1.29 is 0 Å². The average molecular weight is 229 g/mol. The van der Waals surface area contributed by atoms with Crippen LogP contribution in [0.25, 0.3) is 0 Å². The van der Waals surface area contributed by atoms with Gasteiger partial charge in [-0.15, -0.1) is 36.2 Å². The van der Waals surface area contributed by atoms with Gasteiger partial charge in [0.15, 0.2) is 0 Å². The normalized spacial score (nSPS) is 8.42. The Bertz CT molecular complexity index is 168. The Hall–Kier alpha value is 0.170. The molecular weight excluding hydrogens is 215 g/mol. The average Bonchev–Trinajstić information content (AvgIpc) is 2.41. The van der Waals surface area contributed by atoms with E-state index < -0.39 is 0 Å². The van der Waals surface area contributed by atoms with Gasteiger partial charge in [0.25, 0.3) is 0 Å². The monoisotopic (exact) mass is 228 g/mol. The first-order valence-corrected chi connectivity index (χ1v) is 4.40. The largest absolute Gasteiger partial charge is 0.330 e. The highest BCUT2D eigenvalue weighted by Gasteiger charge is 1.92. The summed E-state index contributed by atoms with van der Waals surface area (Å²) < 4.78 is 0. The quantitative estimate of drug-likeness (QED) is 0.804. The molecule has 0 aromatic carbocycles. The Morgan fingerprint density at radius 2 is 2.08 bits per heavy atom. The van der Waals surface area contributed by atoms with E-state index in [-0.39, 0.29) is 24.8 Å². The van der Waals surface area contributed by atoms with Crippen molar-refractivity contribution in [2.75, 3.05) is 6.54 Å². The van der Waals surface area contributed by atoms with E-state index in [0.29, 0.717) is 0 Å². The van der Waals surface area contributed by atoms with Gasteiger partial charge in [-0.05, 0) is 25.8 Å². The van der Waals surface area contributed by atoms with Crippen LogP contribution in [0.3, 0.4) is 0 Å². The second-order valence-corrected chi connectivity index (χ2v) is 3.15. The number of aromatic nitrogens is 1. The number of hydrogen-bond acceptors (Lipinski definition) is 3. The second kappa shape index (κ2) is 9.26. The van der Waals surface area contributed by atoms with Crippen molar-refractivity contribution in [1.29, 1.82) is 0 Å². The first-order valence-electron chi connectivity index (χ1n) is 3.52. The summed E-state index contributed by atoms with van der Waals surface area (Å²) in [6, 6.07) is 0. The number of thiazole rings is 1. The first kappa shape index (κ1) is 14.7. The molecule has 0 atom stereocenters. The Morgan fingerprint density at radius 1 is 1.33 bits per heavy atom. The van der Waals surface area contributed by atoms with Gasteiger partial charge in [-0.25, -0.2) is 4.98 Å². The summed E-state index contributed by atoms with van der Waals surface area (Å²) in [4.78, 5) is 4.17. The Labute approximate surface area is 89.4 Å². The molecule has 0 aliphatic heterocycles. The van der Waals surface area contributed by atoms with E-state index in [4.69, 9.17) is 5.73 Å². The summed E-state index contributed by atoms with van der Waals surface area (Å²) in [6.07, 6.45) is 5.22. The minimum Gasteiger partial charge on any atom is -0.330 e. The standard InChI is InChI=1S/C7H12N2S.2ClH/c8-4-2-1-3-7-9-5-6-10-7;;/h5-6H,1-4,8H2;2*1H. The van der Waals surface area contributed by atoms with Crippen LogP contribution in [-0.4, -0.2) is 11.5 Å². The third-order valence-electron chi connectivity index (χ3n) is 1.33. The van der Waals surface area contributed by atoms with Crippen molar-refractivity contribution in [3.8, 4) is 0 Å². The van der Waals surface area contributed by atoms with Crippen LogP contribution < -0.4 is 5.73 Å². The van der Waals surface area contributed by atoms with E-state index in [1.807, 2.05) is 11.6 Å². The third kappa shape index (κ3) is 5.77. The van der Waals surface area contributed by atoms with Crippen LogP contribution in [0.15, 0.2) is 11.6 Å². The van der Waals surface area contributed by atoms with Crippen molar-refractivity contribution >= 4 is 36.2 Å². The summed E-state index contributed by atoms with van der Waals surface area (Å²) in [5.74, 6) is 0. The van der Waals surface area contributed by atoms with E-state index in [1.165, 1.54) is 11.4 Å². The molecule has 0 bridgehead atoms. The number of nitrogens with zero attached hydrogens (tertiary/aromatic N) is 1. The maximum Gasteiger partial charge on any atom is 0.0924 e. The molecule has 12 heavy (non-hydrogen) atoms. The highest BCUT2D eigenvalue weighted by atomic mass is 35.5. The highest BCUT2D eigenvalue weighted by Crippen LogP contribution is 2.07. The van der Waals surface area contributed by atoms with E-state index in [2.05, 4.69) is 4.98 Å². The molecule has 0 unspecified atom stereocenters. The number of unbranched alkanes of at least 4 members (excludes halogenated alkanes) is 1. The van der Waals surface area contributed by atoms with Crippen molar-refractivity contribution in [3.63, 3.8) is 0 Å². The van der Waals surface area contributed by atoms with Crippen LogP contribution in [0, 0.1) is 0 Å². The van der Waals surface area contributed by atoms with Crippen LogP contribution >= 0.6 is 36.2 Å². The van der Waals surface area contributed by atoms with Gasteiger partial charge in [-0.3, -0.25) is 0 Å². The van der Waals surface area contributed by atoms with Gasteiger partial charge in [0.2, 0.25) is 0 Å². The van der Waals surface area contributed by atoms with Gasteiger partial charge < -0.3 is 5.73 Å². The van der Waals surface area contributed by atoms with Gasteiger partial charge in [0, 0.05) is 11.6 Å². The first-order chi connectivity index (χ1) is 4.93. The lowest BCUT2D eigenvalue weighted by molar-refractivity contribution is 0.741. The van der Waals surface area contributed by atoms with Gasteiger partial charge in [0.05, 0.1) is 5.01 Å². The Morgan fingerprint density at radius 3 is 2.58 bits per heavy atom. The fourth-order valence-electron chi connectivity index (χ4n) is 0.797. The fraction of sp³-hybridized carbons (Fsp3) is 0.571. The summed E-state index contributed by atoms with van der Waals surface area (Å²) in [6.45, 7) is 0.797. The second-order valence-electron chi connectivity index (χ2n) is 2.17. The minimum atomic E-state index is 0. The predicted molar refractivity (Wildman–Crippen MR) is 58.6 cm³/mol. The zero-order chi connectivity index (χ0) is 7.23. The molecule has 0 radical (unpaired) electrons. The fourth-order valence-corrected chi connectivity index (χ4v) is 1.46. The molecule has 0 aliphatic carbocycles. The Kier molecular flexibility index (Phi) is 11.3. The molecule has 2 nitrogen and oxygen atoms in total. The summed E-state index contributed by atoms with van der Waals surface area (Å²) in [5, 5.41) is 3.24. The zero-order valence-corrected chi connectivity index (χ0v) is 9.18. The molecule has 0 saturated carbocycles. The van der Waals surface area contributed by atoms with Crippen LogP contribution in [-0.2, 0) is 6.42 Å². The van der Waals surface area contributed by atoms with E-state index >= 15 is 0 Å². The molecule has 5 heteroatoms. The molecule has 0 fully saturated rings. The summed E-state index contributed by atoms with van der Waals surface area (Å²) >= 11 is 1.72. The van der Waals surface area contributed by atoms with Crippen LogP contribution in [0.1, 0.15) is 17.8 Å². The number of aryl methyl sites for hydroxylation is 1. The minimum absolute atomic E-state index is 0. The van der Waals surface area contributed by atoms with Gasteiger partial charge in [-0.2, -0.15) is 0 Å². The maximum absolute atomic E-state index is 5.35. The van der Waals surface area contributed by atoms with Gasteiger partial charge >= 0.3 is 0 Å². The maximum atomic E-state index is 5.35. The van der Waals surface area contributed by atoms with Crippen molar-refractivity contribution in [1.82, 2.24) is 4.98 Å². The predicted octanol–water partition coefficient (Wildman–Crippen LogP) is 2.27. The third-order valence-corrected chi connectivity index (χ3v) is 2.17. The van der Waals surface area contributed by atoms with Crippen LogP contribution in [0.5, 0.6) is 0 Å². The number of nitrogens with two attached hydrogens (primary N) is 1. The van der Waals surface area contributed by atoms with Crippen LogP contribution in [0.2, 0.25) is 0 Å². The van der Waals surface area contributed by atoms with E-state index in [9.17, 15) is 0 Å². The van der Waals surface area contributed by atoms with Crippen LogP contribution in [0.4, 0.5) is 0 Å². The molecule has 1 aromatic rings. The molecule has 2 N–H and O–H groups in total. The van der Waals surface area contributed by atoms with Gasteiger partial charge in [0.1, 0.15) is 0 Å². The summed E-state index contributed by atoms with van der Waals surface area (Å²) in [5.41, 5.74) is 5.35. The molecule has 0 spiro atoms. The van der Waals surface area contributed by atoms with Crippen molar-refractivity contribution in [2.24, 2.45) is 5.73 Å². The lowest BCUT2D eigenvalue weighted by Gasteiger charge is -1.92. The molecule has 0 saturated heterocycles. The van der Waals surface area contributed by atoms with Gasteiger partial charge in [-0.1, -0.05) is 0 Å². The lowest BCUT2D eigenvalue weighted by Crippen LogP contribution is -1.98. The van der Waals surface area contributed by atoms with Crippen molar-refractivity contribution in [3.05, 3.63) is 16.6 Å². The molecule has 1 aromatic heterocycles. The highest BCUT2D eigenvalue weighted by molar-refractivity contribution is 7.09. The van der Waals surface area contributed by atoms with Crippen molar-refractivity contribution in [2.45, 2.75) is 19.3 Å². The molecule has 1 rings (SSSR count). The Balaban J connectivity index is 0. The lowest BCUT2D eigenvalue weighted by atomic mass is 10.2. The molecule has 0 aliphatic rings. The van der Waals surface area contributed by atoms with E-state index in [0.717, 1.165) is 19.4 Å². The smallest absolute Gasteiger partial charge is 0.0924 e. The summed E-state index contributed by atoms with van der Waals surface area (Å²) in [7, 11) is 0. The molecule has 72 valence electrons.